The molecule has 0 aliphatic carbocycles. The van der Waals surface area contributed by atoms with Crippen LogP contribution in [0.4, 0.5) is 0 Å². The van der Waals surface area contributed by atoms with Crippen LogP contribution in [0.1, 0.15) is 18.5 Å². The van der Waals surface area contributed by atoms with Gasteiger partial charge in [0.05, 0.1) is 0 Å². The number of nitrogens with zero attached hydrogens (tertiary/aromatic N) is 2. The smallest absolute Gasteiger partial charge is 0.307 e. The summed E-state index contributed by atoms with van der Waals surface area (Å²) in [5, 5.41) is 10.7. The molecule has 1 aromatic rings. The van der Waals surface area contributed by atoms with Crippen LogP contribution in [0.25, 0.3) is 0 Å². The highest BCUT2D eigenvalue weighted by molar-refractivity contribution is 7.07. The fourth-order valence-electron chi connectivity index (χ4n) is 2.31. The first-order valence-corrected chi connectivity index (χ1v) is 7.03. The molecular formula is C12H18N2O3S. The van der Waals surface area contributed by atoms with Gasteiger partial charge < -0.3 is 10.0 Å². The average molecular weight is 270 g/mol. The molecule has 1 atom stereocenters. The zero-order valence-corrected chi connectivity index (χ0v) is 11.3. The summed E-state index contributed by atoms with van der Waals surface area (Å²) in [6.07, 6.45) is 1.70. The van der Waals surface area contributed by atoms with Gasteiger partial charge in [-0.05, 0) is 25.7 Å². The zero-order chi connectivity index (χ0) is 13.1. The number of carbonyl (C=O) groups is 1. The highest BCUT2D eigenvalue weighted by Crippen LogP contribution is 2.19. The molecule has 6 heteroatoms. The molecule has 0 saturated carbocycles. The maximum atomic E-state index is 12.1. The van der Waals surface area contributed by atoms with E-state index < -0.39 is 0 Å². The van der Waals surface area contributed by atoms with E-state index in [1.165, 1.54) is 4.57 Å². The van der Waals surface area contributed by atoms with Crippen molar-refractivity contribution in [3.8, 4) is 0 Å². The van der Waals surface area contributed by atoms with Crippen LogP contribution in [0.15, 0.2) is 10.2 Å². The van der Waals surface area contributed by atoms with Crippen LogP contribution in [0.2, 0.25) is 0 Å². The Hall–Kier alpha value is -1.14. The molecule has 1 N–H and O–H groups in total. The first-order chi connectivity index (χ1) is 8.61. The van der Waals surface area contributed by atoms with Crippen LogP contribution < -0.4 is 4.87 Å². The minimum Gasteiger partial charge on any atom is -0.396 e. The van der Waals surface area contributed by atoms with E-state index in [9.17, 15) is 9.59 Å². The second kappa shape index (κ2) is 5.67. The van der Waals surface area contributed by atoms with E-state index >= 15 is 0 Å². The van der Waals surface area contributed by atoms with Gasteiger partial charge in [0.15, 0.2) is 0 Å². The normalized spacial score (nSPS) is 19.4. The minimum absolute atomic E-state index is 0.000889. The third kappa shape index (κ3) is 2.81. The number of hydrogen-bond acceptors (Lipinski definition) is 4. The Morgan fingerprint density at radius 1 is 1.61 bits per heavy atom. The van der Waals surface area contributed by atoms with Gasteiger partial charge in [-0.2, -0.15) is 0 Å². The summed E-state index contributed by atoms with van der Waals surface area (Å²) < 4.78 is 1.52. The third-order valence-electron chi connectivity index (χ3n) is 3.45. The Morgan fingerprint density at radius 3 is 3.00 bits per heavy atom. The van der Waals surface area contributed by atoms with Crippen molar-refractivity contribution in [3.05, 3.63) is 20.7 Å². The van der Waals surface area contributed by atoms with E-state index in [1.54, 1.807) is 10.3 Å². The molecular weight excluding hydrogens is 252 g/mol. The molecule has 1 saturated heterocycles. The van der Waals surface area contributed by atoms with Crippen LogP contribution in [0, 0.1) is 12.8 Å². The number of aryl methyl sites for hydroxylation is 1. The summed E-state index contributed by atoms with van der Waals surface area (Å²) in [4.78, 5) is 25.3. The highest BCUT2D eigenvalue weighted by Gasteiger charge is 2.26. The topological polar surface area (TPSA) is 62.5 Å². The molecule has 1 aliphatic heterocycles. The number of aliphatic hydroxyl groups is 1. The number of thiazole rings is 1. The molecule has 1 aromatic heterocycles. The van der Waals surface area contributed by atoms with Crippen LogP contribution in [-0.2, 0) is 11.3 Å². The number of rotatable bonds is 4. The second-order valence-electron chi connectivity index (χ2n) is 4.74. The summed E-state index contributed by atoms with van der Waals surface area (Å²) in [5.41, 5.74) is 0.837. The van der Waals surface area contributed by atoms with Crippen LogP contribution in [0.3, 0.4) is 0 Å². The summed E-state index contributed by atoms with van der Waals surface area (Å²) in [6, 6.07) is 0. The standard InChI is InChI=1S/C12H18N2O3S/c1-9-8-18-12(17)14(9)7-11(16)13-4-2-10(6-13)3-5-15/h8,10,15H,2-7H2,1H3. The van der Waals surface area contributed by atoms with Crippen molar-refractivity contribution in [2.45, 2.75) is 26.3 Å². The molecule has 2 rings (SSSR count). The van der Waals surface area contributed by atoms with Gasteiger partial charge in [-0.3, -0.25) is 14.2 Å². The van der Waals surface area contributed by atoms with E-state index in [2.05, 4.69) is 0 Å². The van der Waals surface area contributed by atoms with E-state index in [1.807, 2.05) is 6.92 Å². The Kier molecular flexibility index (Phi) is 4.19. The highest BCUT2D eigenvalue weighted by atomic mass is 32.1. The largest absolute Gasteiger partial charge is 0.396 e. The van der Waals surface area contributed by atoms with E-state index in [0.29, 0.717) is 12.5 Å². The van der Waals surface area contributed by atoms with Crippen molar-refractivity contribution in [1.29, 1.82) is 0 Å². The molecule has 18 heavy (non-hydrogen) atoms. The van der Waals surface area contributed by atoms with Gasteiger partial charge in [0, 0.05) is 30.8 Å². The number of likely N-dealkylation sites (tertiary alicyclic amines) is 1. The average Bonchev–Trinajstić information content (AvgIpc) is 2.91. The monoisotopic (exact) mass is 270 g/mol. The summed E-state index contributed by atoms with van der Waals surface area (Å²) >= 11 is 1.13. The van der Waals surface area contributed by atoms with Crippen molar-refractivity contribution < 1.29 is 9.90 Å². The number of carbonyl (C=O) groups excluding carboxylic acids is 1. The summed E-state index contributed by atoms with van der Waals surface area (Å²) in [5.74, 6) is 0.401. The van der Waals surface area contributed by atoms with E-state index in [4.69, 9.17) is 5.11 Å². The van der Waals surface area contributed by atoms with Gasteiger partial charge in [-0.25, -0.2) is 0 Å². The molecule has 1 amide bonds. The lowest BCUT2D eigenvalue weighted by Gasteiger charge is -2.17. The second-order valence-corrected chi connectivity index (χ2v) is 5.56. The number of aromatic nitrogens is 1. The number of hydrogen-bond donors (Lipinski definition) is 1. The molecule has 0 radical (unpaired) electrons. The van der Waals surface area contributed by atoms with Crippen molar-refractivity contribution >= 4 is 17.2 Å². The zero-order valence-electron chi connectivity index (χ0n) is 10.5. The van der Waals surface area contributed by atoms with E-state index in [-0.39, 0.29) is 23.9 Å². The maximum absolute atomic E-state index is 12.1. The molecule has 5 nitrogen and oxygen atoms in total. The summed E-state index contributed by atoms with van der Waals surface area (Å²) in [6.45, 7) is 3.60. The maximum Gasteiger partial charge on any atom is 0.307 e. The quantitative estimate of drug-likeness (QED) is 0.864. The lowest BCUT2D eigenvalue weighted by atomic mass is 10.1. The molecule has 1 unspecified atom stereocenters. The molecule has 1 aliphatic rings. The Morgan fingerprint density at radius 2 is 2.39 bits per heavy atom. The van der Waals surface area contributed by atoms with Crippen molar-refractivity contribution in [2.75, 3.05) is 19.7 Å². The van der Waals surface area contributed by atoms with Gasteiger partial charge in [0.25, 0.3) is 0 Å². The Balaban J connectivity index is 1.95. The number of aliphatic hydroxyl groups excluding tert-OH is 1. The molecule has 0 spiro atoms. The van der Waals surface area contributed by atoms with Crippen LogP contribution >= 0.6 is 11.3 Å². The van der Waals surface area contributed by atoms with E-state index in [0.717, 1.165) is 36.4 Å². The van der Waals surface area contributed by atoms with Gasteiger partial charge in [0.2, 0.25) is 5.91 Å². The van der Waals surface area contributed by atoms with Gasteiger partial charge in [-0.1, -0.05) is 11.3 Å². The van der Waals surface area contributed by atoms with Crippen LogP contribution in [-0.4, -0.2) is 40.2 Å². The Labute approximate surface area is 110 Å². The number of amides is 1. The fraction of sp³-hybridized carbons (Fsp3) is 0.667. The van der Waals surface area contributed by atoms with Crippen LogP contribution in [0.5, 0.6) is 0 Å². The van der Waals surface area contributed by atoms with Crippen molar-refractivity contribution in [3.63, 3.8) is 0 Å². The van der Waals surface area contributed by atoms with Crippen molar-refractivity contribution in [1.82, 2.24) is 9.47 Å². The molecule has 0 bridgehead atoms. The first-order valence-electron chi connectivity index (χ1n) is 6.15. The predicted molar refractivity (Wildman–Crippen MR) is 69.7 cm³/mol. The van der Waals surface area contributed by atoms with Gasteiger partial charge in [-0.15, -0.1) is 0 Å². The molecule has 100 valence electrons. The third-order valence-corrected chi connectivity index (χ3v) is 4.33. The first kappa shape index (κ1) is 13.3. The lowest BCUT2D eigenvalue weighted by molar-refractivity contribution is -0.131. The lowest BCUT2D eigenvalue weighted by Crippen LogP contribution is -2.34. The molecule has 1 fully saturated rings. The molecule has 0 aromatic carbocycles. The Bertz CT molecular complexity index is 480. The predicted octanol–water partition coefficient (Wildman–Crippen LogP) is 0.449. The molecule has 2 heterocycles. The summed E-state index contributed by atoms with van der Waals surface area (Å²) in [7, 11) is 0. The minimum atomic E-state index is -0.0769. The fourth-order valence-corrected chi connectivity index (χ4v) is 3.04. The van der Waals surface area contributed by atoms with Crippen molar-refractivity contribution in [2.24, 2.45) is 5.92 Å². The van der Waals surface area contributed by atoms with Gasteiger partial charge in [0.1, 0.15) is 6.54 Å². The SMILES string of the molecule is Cc1csc(=O)n1CC(=O)N1CCC(CCO)C1. The van der Waals surface area contributed by atoms with Gasteiger partial charge >= 0.3 is 4.87 Å².